The van der Waals surface area contributed by atoms with E-state index in [-0.39, 0.29) is 50.8 Å². The van der Waals surface area contributed by atoms with Gasteiger partial charge in [0.15, 0.2) is 50.8 Å². The second kappa shape index (κ2) is 16.0. The van der Waals surface area contributed by atoms with Crippen LogP contribution in [-0.2, 0) is 4.46 Å². The van der Waals surface area contributed by atoms with Gasteiger partial charge >= 0.3 is 0 Å². The molecule has 8 N–H and O–H groups in total. The summed E-state index contributed by atoms with van der Waals surface area (Å²) >= 11 is 0. The number of aliphatic hydroxyl groups excluding tert-OH is 8. The SMILES string of the molecule is O=[Si]([O-])[O-].OC[P+](CO)(CO)CO.OC[P+](CO)(CO)CO. The maximum absolute atomic E-state index is 8.55. The molecule has 0 aromatic heterocycles. The smallest absolute Gasteiger partial charge is 0.161 e. The van der Waals surface area contributed by atoms with Gasteiger partial charge in [-0.3, -0.25) is 0 Å². The third-order valence-corrected chi connectivity index (χ3v) is 7.20. The molecular formula is C8H24O11P2Si. The van der Waals surface area contributed by atoms with E-state index in [2.05, 4.69) is 0 Å². The van der Waals surface area contributed by atoms with Gasteiger partial charge < -0.3 is 54.9 Å². The third-order valence-electron chi connectivity index (χ3n) is 2.40. The molecule has 136 valence electrons. The molecule has 0 atom stereocenters. The van der Waals surface area contributed by atoms with E-state index in [0.717, 1.165) is 0 Å². The van der Waals surface area contributed by atoms with Crippen molar-refractivity contribution >= 4 is 23.7 Å². The Morgan fingerprint density at radius 1 is 0.545 bits per heavy atom. The van der Waals surface area contributed by atoms with Crippen molar-refractivity contribution in [1.82, 2.24) is 0 Å². The molecule has 0 heterocycles. The molecular weight excluding hydrogens is 362 g/mol. The normalized spacial score (nSPS) is 10.9. The molecule has 0 aromatic rings. The average Bonchev–Trinajstić information content (AvgIpc) is 2.53. The van der Waals surface area contributed by atoms with Crippen molar-refractivity contribution < 1.29 is 54.9 Å². The molecule has 0 saturated carbocycles. The van der Waals surface area contributed by atoms with Crippen LogP contribution in [0.1, 0.15) is 0 Å². The molecule has 0 amide bonds. The Labute approximate surface area is 130 Å². The number of hydrogen-bond acceptors (Lipinski definition) is 11. The minimum atomic E-state index is -3.63. The lowest BCUT2D eigenvalue weighted by Gasteiger charge is -2.15. The maximum atomic E-state index is 8.55. The van der Waals surface area contributed by atoms with E-state index in [4.69, 9.17) is 54.9 Å². The van der Waals surface area contributed by atoms with Crippen molar-refractivity contribution in [1.29, 1.82) is 0 Å². The molecule has 0 fully saturated rings. The van der Waals surface area contributed by atoms with Crippen LogP contribution in [-0.4, -0.2) is 101 Å². The third kappa shape index (κ3) is 12.7. The summed E-state index contributed by atoms with van der Waals surface area (Å²) in [5, 5.41) is 68.4. The average molecular weight is 386 g/mol. The van der Waals surface area contributed by atoms with Gasteiger partial charge in [-0.05, 0) is 0 Å². The molecule has 0 saturated heterocycles. The van der Waals surface area contributed by atoms with Crippen molar-refractivity contribution in [3.63, 3.8) is 0 Å². The van der Waals surface area contributed by atoms with Crippen LogP contribution in [0.15, 0.2) is 0 Å². The van der Waals surface area contributed by atoms with Crippen LogP contribution < -0.4 is 9.59 Å². The fourth-order valence-corrected chi connectivity index (χ4v) is 1.61. The summed E-state index contributed by atoms with van der Waals surface area (Å²) in [5.41, 5.74) is 0. The summed E-state index contributed by atoms with van der Waals surface area (Å²) < 4.78 is 8.52. The van der Waals surface area contributed by atoms with Gasteiger partial charge in [-0.2, -0.15) is 0 Å². The fourth-order valence-electron chi connectivity index (χ4n) is 0.537. The first-order valence-corrected chi connectivity index (χ1v) is 12.0. The second-order valence-electron chi connectivity index (χ2n) is 4.06. The van der Waals surface area contributed by atoms with Crippen LogP contribution in [0.3, 0.4) is 0 Å². The molecule has 14 heteroatoms. The van der Waals surface area contributed by atoms with Crippen LogP contribution in [0.25, 0.3) is 0 Å². The first-order chi connectivity index (χ1) is 10.2. The number of hydrogen-bond donors (Lipinski definition) is 8. The van der Waals surface area contributed by atoms with Gasteiger partial charge in [0.2, 0.25) is 0 Å². The lowest BCUT2D eigenvalue weighted by molar-refractivity contribution is -0.354. The Balaban J connectivity index is -0.000000266. The molecule has 0 aliphatic heterocycles. The van der Waals surface area contributed by atoms with Crippen LogP contribution >= 0.6 is 14.5 Å². The van der Waals surface area contributed by atoms with Gasteiger partial charge in [0.25, 0.3) is 0 Å². The molecule has 0 spiro atoms. The molecule has 0 rings (SSSR count). The molecule has 0 aliphatic rings. The monoisotopic (exact) mass is 386 g/mol. The number of aliphatic hydroxyl groups is 8. The summed E-state index contributed by atoms with van der Waals surface area (Å²) in [6.07, 6.45) is -2.36. The van der Waals surface area contributed by atoms with Gasteiger partial charge in [0, 0.05) is 9.17 Å². The Morgan fingerprint density at radius 3 is 0.636 bits per heavy atom. The van der Waals surface area contributed by atoms with Gasteiger partial charge in [0.05, 0.1) is 0 Å². The Kier molecular flexibility index (Phi) is 19.7. The highest BCUT2D eigenvalue weighted by Crippen LogP contribution is 2.55. The van der Waals surface area contributed by atoms with Crippen molar-refractivity contribution in [2.75, 3.05) is 50.8 Å². The summed E-state index contributed by atoms with van der Waals surface area (Å²) in [6, 6.07) is 0. The quantitative estimate of drug-likeness (QED) is 0.145. The molecule has 0 radical (unpaired) electrons. The van der Waals surface area contributed by atoms with Gasteiger partial charge in [-0.15, -0.1) is 0 Å². The maximum Gasteiger partial charge on any atom is 0.161 e. The number of rotatable bonds is 8. The predicted octanol–water partition coefficient (Wildman–Crippen LogP) is -5.27. The molecule has 0 aliphatic carbocycles. The molecule has 11 nitrogen and oxygen atoms in total. The van der Waals surface area contributed by atoms with E-state index in [1.807, 2.05) is 0 Å². The molecule has 0 aromatic carbocycles. The Bertz CT molecular complexity index is 203. The topological polar surface area (TPSA) is 225 Å². The highest BCUT2D eigenvalue weighted by molar-refractivity contribution is 7.75. The van der Waals surface area contributed by atoms with E-state index in [0.29, 0.717) is 0 Å². The minimum absolute atomic E-state index is 0.295. The Morgan fingerprint density at radius 2 is 0.636 bits per heavy atom. The van der Waals surface area contributed by atoms with Crippen LogP contribution in [0.5, 0.6) is 0 Å². The van der Waals surface area contributed by atoms with Gasteiger partial charge in [-0.25, -0.2) is 0 Å². The van der Waals surface area contributed by atoms with E-state index < -0.39 is 23.7 Å². The summed E-state index contributed by atoms with van der Waals surface area (Å²) in [7, 11) is -8.02. The zero-order valence-corrected chi connectivity index (χ0v) is 14.6. The predicted molar refractivity (Wildman–Crippen MR) is 77.0 cm³/mol. The Hall–Kier alpha value is 0.157. The summed E-state index contributed by atoms with van der Waals surface area (Å²) in [4.78, 5) is 17.0. The van der Waals surface area contributed by atoms with E-state index in [1.54, 1.807) is 0 Å². The summed E-state index contributed by atoms with van der Waals surface area (Å²) in [6.45, 7) is 0. The zero-order valence-electron chi connectivity index (χ0n) is 11.9. The lowest BCUT2D eigenvalue weighted by Crippen LogP contribution is -2.34. The second-order valence-corrected chi connectivity index (χ2v) is 12.2. The standard InChI is InChI=1S/2C4H12O4P.O3Si/c2*5-1-9(2-6,3-7)4-8;1-4(2)3/h2*5-8H,1-4H2;/q2*+1;-2. The van der Waals surface area contributed by atoms with Gasteiger partial charge in [0.1, 0.15) is 14.5 Å². The van der Waals surface area contributed by atoms with Crippen LogP contribution in [0, 0.1) is 0 Å². The minimum Gasteiger partial charge on any atom is -0.672 e. The van der Waals surface area contributed by atoms with Gasteiger partial charge in [-0.1, -0.05) is 0 Å². The first kappa shape index (κ1) is 27.0. The van der Waals surface area contributed by atoms with Crippen molar-refractivity contribution in [2.45, 2.75) is 0 Å². The van der Waals surface area contributed by atoms with E-state index in [9.17, 15) is 0 Å². The van der Waals surface area contributed by atoms with Crippen molar-refractivity contribution in [3.05, 3.63) is 0 Å². The molecule has 22 heavy (non-hydrogen) atoms. The largest absolute Gasteiger partial charge is 0.672 e. The highest BCUT2D eigenvalue weighted by Gasteiger charge is 2.35. The van der Waals surface area contributed by atoms with Crippen LogP contribution in [0.2, 0.25) is 0 Å². The van der Waals surface area contributed by atoms with Crippen LogP contribution in [0.4, 0.5) is 0 Å². The van der Waals surface area contributed by atoms with Crippen molar-refractivity contribution in [2.24, 2.45) is 0 Å². The zero-order chi connectivity index (χ0) is 18.2. The molecule has 0 bridgehead atoms. The first-order valence-electron chi connectivity index (χ1n) is 5.67. The van der Waals surface area contributed by atoms with E-state index >= 15 is 0 Å². The summed E-state index contributed by atoms with van der Waals surface area (Å²) in [5.74, 6) is 0. The van der Waals surface area contributed by atoms with Crippen molar-refractivity contribution in [3.8, 4) is 0 Å². The molecule has 0 unspecified atom stereocenters. The fraction of sp³-hybridized carbons (Fsp3) is 1.00. The van der Waals surface area contributed by atoms with E-state index in [1.165, 1.54) is 0 Å². The highest BCUT2D eigenvalue weighted by atomic mass is 31.2. The lowest BCUT2D eigenvalue weighted by atomic mass is 11.6.